The molecule has 0 atom stereocenters. The molecule has 4 nitrogen and oxygen atoms in total. The zero-order chi connectivity index (χ0) is 15.4. The van der Waals surface area contributed by atoms with Crippen molar-refractivity contribution in [1.29, 1.82) is 0 Å². The first kappa shape index (κ1) is 15.6. The highest BCUT2D eigenvalue weighted by molar-refractivity contribution is 6.33. The lowest BCUT2D eigenvalue weighted by molar-refractivity contribution is 0.0976. The number of ether oxygens (including phenoxy) is 1. The first-order valence-electron chi connectivity index (χ1n) is 6.21. The van der Waals surface area contributed by atoms with Crippen molar-refractivity contribution in [2.75, 3.05) is 13.7 Å². The second kappa shape index (κ2) is 6.78. The minimum Gasteiger partial charge on any atom is -0.383 e. The number of benzene rings is 1. The molecule has 0 aliphatic heterocycles. The standard InChI is InChI=1S/C14H13ClF2N2O2/c1-21-6-5-19-14(10(15)8-18-19)13(20)7-9-11(16)3-2-4-12(9)17/h2-4,8H,5-7H2,1H3. The molecule has 0 fully saturated rings. The van der Waals surface area contributed by atoms with Gasteiger partial charge in [0.2, 0.25) is 0 Å². The molecule has 0 amide bonds. The summed E-state index contributed by atoms with van der Waals surface area (Å²) in [7, 11) is 1.52. The Morgan fingerprint density at radius 2 is 2.05 bits per heavy atom. The summed E-state index contributed by atoms with van der Waals surface area (Å²) >= 11 is 5.93. The molecule has 2 aromatic rings. The van der Waals surface area contributed by atoms with E-state index in [1.807, 2.05) is 0 Å². The van der Waals surface area contributed by atoms with Crippen LogP contribution >= 0.6 is 11.6 Å². The molecule has 21 heavy (non-hydrogen) atoms. The van der Waals surface area contributed by atoms with Crippen molar-refractivity contribution < 1.29 is 18.3 Å². The van der Waals surface area contributed by atoms with Crippen LogP contribution in [-0.2, 0) is 17.7 Å². The summed E-state index contributed by atoms with van der Waals surface area (Å²) in [5, 5.41) is 4.10. The number of ketones is 1. The summed E-state index contributed by atoms with van der Waals surface area (Å²) in [6.45, 7) is 0.663. The molecule has 0 saturated heterocycles. The Labute approximate surface area is 125 Å². The summed E-state index contributed by atoms with van der Waals surface area (Å²) in [6, 6.07) is 3.46. The number of carbonyl (C=O) groups is 1. The SMILES string of the molecule is COCCn1ncc(Cl)c1C(=O)Cc1c(F)cccc1F. The molecule has 112 valence electrons. The Kier molecular flexibility index (Phi) is 5.03. The fourth-order valence-electron chi connectivity index (χ4n) is 1.93. The fraction of sp³-hybridized carbons (Fsp3) is 0.286. The Morgan fingerprint density at radius 1 is 1.38 bits per heavy atom. The zero-order valence-corrected chi connectivity index (χ0v) is 12.0. The monoisotopic (exact) mass is 314 g/mol. The number of Topliss-reactive ketones (excluding diaryl/α,β-unsaturated/α-hetero) is 1. The van der Waals surface area contributed by atoms with Gasteiger partial charge in [-0.3, -0.25) is 9.48 Å². The van der Waals surface area contributed by atoms with Gasteiger partial charge in [0, 0.05) is 19.1 Å². The summed E-state index contributed by atoms with van der Waals surface area (Å²) in [5.41, 5.74) is -0.158. The molecule has 1 aromatic heterocycles. The number of halogens is 3. The Hall–Kier alpha value is -1.79. The van der Waals surface area contributed by atoms with E-state index < -0.39 is 23.8 Å². The van der Waals surface area contributed by atoms with Crippen LogP contribution in [0.5, 0.6) is 0 Å². The van der Waals surface area contributed by atoms with Crippen LogP contribution in [0.15, 0.2) is 24.4 Å². The summed E-state index contributed by atoms with van der Waals surface area (Å²) in [4.78, 5) is 12.3. The van der Waals surface area contributed by atoms with Crippen molar-refractivity contribution in [2.45, 2.75) is 13.0 Å². The van der Waals surface area contributed by atoms with Gasteiger partial charge in [-0.05, 0) is 12.1 Å². The van der Waals surface area contributed by atoms with E-state index in [-0.39, 0.29) is 16.3 Å². The number of rotatable bonds is 6. The summed E-state index contributed by atoms with van der Waals surface area (Å²) in [5.74, 6) is -2.03. The topological polar surface area (TPSA) is 44.1 Å². The molecule has 0 radical (unpaired) electrons. The molecule has 0 aliphatic carbocycles. The molecular formula is C14H13ClF2N2O2. The van der Waals surface area contributed by atoms with Gasteiger partial charge in [0.05, 0.1) is 24.4 Å². The van der Waals surface area contributed by atoms with Crippen LogP contribution in [0.1, 0.15) is 16.1 Å². The van der Waals surface area contributed by atoms with Crippen molar-refractivity contribution in [3.63, 3.8) is 0 Å². The van der Waals surface area contributed by atoms with Crippen molar-refractivity contribution in [2.24, 2.45) is 0 Å². The third-order valence-electron chi connectivity index (χ3n) is 2.97. The van der Waals surface area contributed by atoms with E-state index in [2.05, 4.69) is 5.10 Å². The second-order valence-corrected chi connectivity index (χ2v) is 4.76. The van der Waals surface area contributed by atoms with Gasteiger partial charge in [-0.2, -0.15) is 5.10 Å². The van der Waals surface area contributed by atoms with E-state index in [4.69, 9.17) is 16.3 Å². The first-order valence-corrected chi connectivity index (χ1v) is 6.58. The Morgan fingerprint density at radius 3 is 2.67 bits per heavy atom. The van der Waals surface area contributed by atoms with Crippen molar-refractivity contribution in [3.8, 4) is 0 Å². The average Bonchev–Trinajstić information content (AvgIpc) is 2.81. The molecule has 7 heteroatoms. The van der Waals surface area contributed by atoms with E-state index in [0.29, 0.717) is 13.2 Å². The molecule has 0 aliphatic rings. The zero-order valence-electron chi connectivity index (χ0n) is 11.3. The Bertz CT molecular complexity index is 638. The lowest BCUT2D eigenvalue weighted by atomic mass is 10.1. The van der Waals surface area contributed by atoms with E-state index in [1.165, 1.54) is 24.1 Å². The first-order chi connectivity index (χ1) is 10.0. The van der Waals surface area contributed by atoms with Crippen LogP contribution in [0.25, 0.3) is 0 Å². The normalized spacial score (nSPS) is 10.9. The smallest absolute Gasteiger partial charge is 0.186 e. The number of methoxy groups -OCH3 is 1. The van der Waals surface area contributed by atoms with Crippen LogP contribution in [0.4, 0.5) is 8.78 Å². The molecule has 0 saturated carbocycles. The predicted octanol–water partition coefficient (Wildman–Crippen LogP) is 2.89. The van der Waals surface area contributed by atoms with Crippen LogP contribution in [0.3, 0.4) is 0 Å². The van der Waals surface area contributed by atoms with Gasteiger partial charge in [-0.1, -0.05) is 17.7 Å². The van der Waals surface area contributed by atoms with Gasteiger partial charge in [-0.25, -0.2) is 8.78 Å². The number of nitrogens with zero attached hydrogens (tertiary/aromatic N) is 2. The van der Waals surface area contributed by atoms with Gasteiger partial charge < -0.3 is 4.74 Å². The van der Waals surface area contributed by atoms with Gasteiger partial charge >= 0.3 is 0 Å². The van der Waals surface area contributed by atoms with Crippen molar-refractivity contribution in [3.05, 3.63) is 52.3 Å². The van der Waals surface area contributed by atoms with Gasteiger partial charge in [-0.15, -0.1) is 0 Å². The molecule has 0 spiro atoms. The molecule has 0 N–H and O–H groups in total. The predicted molar refractivity (Wildman–Crippen MR) is 73.5 cm³/mol. The summed E-state index contributed by atoms with van der Waals surface area (Å²) in [6.07, 6.45) is 0.902. The molecule has 0 unspecified atom stereocenters. The van der Waals surface area contributed by atoms with Gasteiger partial charge in [0.25, 0.3) is 0 Å². The van der Waals surface area contributed by atoms with E-state index >= 15 is 0 Å². The third kappa shape index (κ3) is 3.46. The van der Waals surface area contributed by atoms with Crippen molar-refractivity contribution >= 4 is 17.4 Å². The summed E-state index contributed by atoms with van der Waals surface area (Å²) < 4.78 is 33.5. The minimum absolute atomic E-state index is 0.122. The maximum absolute atomic E-state index is 13.6. The lowest BCUT2D eigenvalue weighted by Gasteiger charge is -2.08. The molecule has 0 bridgehead atoms. The largest absolute Gasteiger partial charge is 0.383 e. The maximum atomic E-state index is 13.6. The highest BCUT2D eigenvalue weighted by Gasteiger charge is 2.20. The van der Waals surface area contributed by atoms with Crippen LogP contribution in [0.2, 0.25) is 5.02 Å². The third-order valence-corrected chi connectivity index (χ3v) is 3.24. The number of aromatic nitrogens is 2. The van der Waals surface area contributed by atoms with Crippen LogP contribution < -0.4 is 0 Å². The number of carbonyl (C=O) groups excluding carboxylic acids is 1. The number of hydrogen-bond donors (Lipinski definition) is 0. The van der Waals surface area contributed by atoms with Crippen molar-refractivity contribution in [1.82, 2.24) is 9.78 Å². The molecule has 2 rings (SSSR count). The van der Waals surface area contributed by atoms with E-state index in [1.54, 1.807) is 0 Å². The van der Waals surface area contributed by atoms with Crippen LogP contribution in [0, 0.1) is 11.6 Å². The molecular weight excluding hydrogens is 302 g/mol. The van der Waals surface area contributed by atoms with E-state index in [9.17, 15) is 13.6 Å². The maximum Gasteiger partial charge on any atom is 0.186 e. The Balaban J connectivity index is 2.26. The van der Waals surface area contributed by atoms with Gasteiger partial charge in [0.1, 0.15) is 17.3 Å². The molecule has 1 aromatic carbocycles. The van der Waals surface area contributed by atoms with Crippen LogP contribution in [-0.4, -0.2) is 29.3 Å². The molecule has 1 heterocycles. The lowest BCUT2D eigenvalue weighted by Crippen LogP contribution is -2.16. The highest BCUT2D eigenvalue weighted by Crippen LogP contribution is 2.20. The number of hydrogen-bond acceptors (Lipinski definition) is 3. The second-order valence-electron chi connectivity index (χ2n) is 4.36. The fourth-order valence-corrected chi connectivity index (χ4v) is 2.18. The highest BCUT2D eigenvalue weighted by atomic mass is 35.5. The van der Waals surface area contributed by atoms with Gasteiger partial charge in [0.15, 0.2) is 5.78 Å². The van der Waals surface area contributed by atoms with E-state index in [0.717, 1.165) is 12.1 Å². The average molecular weight is 315 g/mol. The minimum atomic E-state index is -0.762. The quantitative estimate of drug-likeness (QED) is 0.770.